The summed E-state index contributed by atoms with van der Waals surface area (Å²) >= 11 is 0. The summed E-state index contributed by atoms with van der Waals surface area (Å²) in [6.45, 7) is 8.10. The van der Waals surface area contributed by atoms with Crippen LogP contribution < -0.4 is 0 Å². The first-order valence-electron chi connectivity index (χ1n) is 23.3. The molecule has 1 aliphatic carbocycles. The summed E-state index contributed by atoms with van der Waals surface area (Å²) in [6, 6.07) is 77.8. The van der Waals surface area contributed by atoms with Crippen molar-refractivity contribution >= 4 is 45.1 Å². The molecule has 9 aromatic carbocycles. The number of aromatic nitrogens is 2. The van der Waals surface area contributed by atoms with Gasteiger partial charge >= 0.3 is 0 Å². The van der Waals surface area contributed by atoms with Crippen LogP contribution in [0, 0.1) is 0 Å². The minimum Gasteiger partial charge on any atom is -0.456 e. The van der Waals surface area contributed by atoms with E-state index in [1.54, 1.807) is 6.08 Å². The molecule has 0 saturated heterocycles. The number of furan rings is 2. The molecule has 1 aliphatic rings. The van der Waals surface area contributed by atoms with Crippen LogP contribution in [0.5, 0.6) is 0 Å². The second-order valence-corrected chi connectivity index (χ2v) is 17.7. The van der Waals surface area contributed by atoms with E-state index >= 15 is 0 Å². The first-order valence-corrected chi connectivity index (χ1v) is 23.3. The zero-order valence-corrected chi connectivity index (χ0v) is 37.6. The molecule has 3 aromatic heterocycles. The molecule has 4 heteroatoms. The van der Waals surface area contributed by atoms with Crippen molar-refractivity contribution in [2.75, 3.05) is 0 Å². The highest BCUT2D eigenvalue weighted by atomic mass is 16.3. The van der Waals surface area contributed by atoms with Gasteiger partial charge < -0.3 is 8.83 Å². The Morgan fingerprint density at radius 3 is 1.71 bits per heavy atom. The minimum absolute atomic E-state index is 0.562. The maximum Gasteiger partial charge on any atom is 0.160 e. The van der Waals surface area contributed by atoms with Crippen LogP contribution in [0.25, 0.3) is 112 Å². The summed E-state index contributed by atoms with van der Waals surface area (Å²) in [5.74, 6) is 1.35. The van der Waals surface area contributed by atoms with Gasteiger partial charge in [0.2, 0.25) is 0 Å². The first-order chi connectivity index (χ1) is 34.1. The molecule has 324 valence electrons. The van der Waals surface area contributed by atoms with Crippen molar-refractivity contribution in [1.82, 2.24) is 9.97 Å². The van der Waals surface area contributed by atoms with Crippen molar-refractivity contribution in [3.63, 3.8) is 0 Å². The monoisotopic (exact) mass is 882 g/mol. The average molecular weight is 883 g/mol. The van der Waals surface area contributed by atoms with Crippen LogP contribution in [0.2, 0.25) is 0 Å². The third kappa shape index (κ3) is 6.37. The number of hydrogen-bond donors (Lipinski definition) is 0. The fourth-order valence-electron chi connectivity index (χ4n) is 10.8. The van der Waals surface area contributed by atoms with Gasteiger partial charge in [0.15, 0.2) is 5.82 Å². The van der Waals surface area contributed by atoms with Crippen LogP contribution in [0.15, 0.2) is 240 Å². The van der Waals surface area contributed by atoms with Gasteiger partial charge in [-0.3, -0.25) is 0 Å². The molecule has 0 atom stereocenters. The Hall–Kier alpha value is -9.12. The molecule has 0 bridgehead atoms. The van der Waals surface area contributed by atoms with Crippen molar-refractivity contribution in [1.29, 1.82) is 0 Å². The molecule has 0 aliphatic heterocycles. The van der Waals surface area contributed by atoms with Gasteiger partial charge in [0, 0.05) is 38.4 Å². The van der Waals surface area contributed by atoms with E-state index in [9.17, 15) is 0 Å². The molecule has 0 unspecified atom stereocenters. The summed E-state index contributed by atoms with van der Waals surface area (Å²) in [4.78, 5) is 10.9. The predicted octanol–water partition coefficient (Wildman–Crippen LogP) is 17.1. The SMILES string of the molecule is C=Cc1oc2ccc(-c3ccc(-c4ccc5oc6ccccc6c5c4)c(-c4cc(-c5ccc6c(c5)C(c5ccccc5)(c5ccccc5)c5ccccc5-6)nc(-c5ccccc5)n4)c3)cc2c1C=C. The standard InChI is InChI=1S/C65H42N2O2/c1-3-48-54-37-43(30-34-62(54)68-60(48)4-2)42-28-32-49(44-31-35-63-55(38-44)52-25-15-17-27-61(52)69-63)53(36-42)59-40-58(66-64(67-59)41-18-8-5-9-19-41)45-29-33-51-50-24-14-16-26-56(50)65(57(51)39-45,46-20-10-6-11-21-46)47-22-12-7-13-23-47/h3-40H,1-2H2. The highest BCUT2D eigenvalue weighted by molar-refractivity contribution is 6.07. The predicted molar refractivity (Wildman–Crippen MR) is 284 cm³/mol. The van der Waals surface area contributed by atoms with Crippen molar-refractivity contribution in [3.8, 4) is 67.3 Å². The van der Waals surface area contributed by atoms with E-state index < -0.39 is 5.41 Å². The van der Waals surface area contributed by atoms with Crippen LogP contribution in [-0.2, 0) is 5.41 Å². The molecule has 3 heterocycles. The Labute approximate surface area is 399 Å². The lowest BCUT2D eigenvalue weighted by Crippen LogP contribution is -2.28. The molecule has 0 N–H and O–H groups in total. The average Bonchev–Trinajstić information content (AvgIpc) is 4.08. The second kappa shape index (κ2) is 16.0. The van der Waals surface area contributed by atoms with Crippen molar-refractivity contribution in [2.45, 2.75) is 5.41 Å². The third-order valence-electron chi connectivity index (χ3n) is 14.0. The zero-order valence-electron chi connectivity index (χ0n) is 37.6. The number of para-hydroxylation sites is 1. The van der Waals surface area contributed by atoms with Crippen molar-refractivity contribution in [3.05, 3.63) is 265 Å². The lowest BCUT2D eigenvalue weighted by molar-refractivity contribution is 0.603. The van der Waals surface area contributed by atoms with Crippen LogP contribution in [0.3, 0.4) is 0 Å². The van der Waals surface area contributed by atoms with Crippen LogP contribution in [-0.4, -0.2) is 9.97 Å². The fraction of sp³-hybridized carbons (Fsp3) is 0.0154. The Kier molecular flexibility index (Phi) is 9.34. The molecule has 0 spiro atoms. The number of benzene rings is 9. The molecule has 4 nitrogen and oxygen atoms in total. The summed E-state index contributed by atoms with van der Waals surface area (Å²) in [5, 5.41) is 3.12. The first kappa shape index (κ1) is 40.2. The van der Waals surface area contributed by atoms with Crippen molar-refractivity contribution in [2.24, 2.45) is 0 Å². The normalized spacial score (nSPS) is 12.6. The van der Waals surface area contributed by atoms with E-state index in [0.29, 0.717) is 11.6 Å². The second-order valence-electron chi connectivity index (χ2n) is 17.7. The minimum atomic E-state index is -0.562. The topological polar surface area (TPSA) is 52.1 Å². The highest BCUT2D eigenvalue weighted by Gasteiger charge is 2.46. The third-order valence-corrected chi connectivity index (χ3v) is 14.0. The maximum atomic E-state index is 6.31. The molecular formula is C65H42N2O2. The molecule has 12 aromatic rings. The molecule has 69 heavy (non-hydrogen) atoms. The summed E-state index contributed by atoms with van der Waals surface area (Å²) in [6.07, 6.45) is 3.58. The van der Waals surface area contributed by atoms with Gasteiger partial charge in [-0.1, -0.05) is 189 Å². The van der Waals surface area contributed by atoms with Gasteiger partial charge in [0.25, 0.3) is 0 Å². The van der Waals surface area contributed by atoms with Gasteiger partial charge in [-0.25, -0.2) is 9.97 Å². The maximum absolute atomic E-state index is 6.31. The van der Waals surface area contributed by atoms with E-state index in [0.717, 1.165) is 88.8 Å². The number of nitrogens with zero attached hydrogens (tertiary/aromatic N) is 2. The zero-order chi connectivity index (χ0) is 46.1. The Bertz CT molecular complexity index is 3950. The van der Waals surface area contributed by atoms with Crippen molar-refractivity contribution < 1.29 is 8.83 Å². The molecule has 13 rings (SSSR count). The summed E-state index contributed by atoms with van der Waals surface area (Å²) in [7, 11) is 0. The van der Waals surface area contributed by atoms with E-state index in [-0.39, 0.29) is 0 Å². The quantitative estimate of drug-likeness (QED) is 0.145. The van der Waals surface area contributed by atoms with Gasteiger partial charge in [0.1, 0.15) is 22.5 Å². The number of hydrogen-bond acceptors (Lipinski definition) is 4. The summed E-state index contributed by atoms with van der Waals surface area (Å²) in [5.41, 5.74) is 18.9. The Morgan fingerprint density at radius 2 is 0.942 bits per heavy atom. The van der Waals surface area contributed by atoms with E-state index in [1.807, 2.05) is 42.5 Å². The lowest BCUT2D eigenvalue weighted by Gasteiger charge is -2.34. The fourth-order valence-corrected chi connectivity index (χ4v) is 10.8. The smallest absolute Gasteiger partial charge is 0.160 e. The molecular weight excluding hydrogens is 841 g/mol. The molecule has 0 amide bonds. The van der Waals surface area contributed by atoms with Gasteiger partial charge in [-0.15, -0.1) is 0 Å². The highest BCUT2D eigenvalue weighted by Crippen LogP contribution is 2.57. The van der Waals surface area contributed by atoms with Gasteiger partial charge in [-0.2, -0.15) is 0 Å². The van der Waals surface area contributed by atoms with Crippen LogP contribution >= 0.6 is 0 Å². The largest absolute Gasteiger partial charge is 0.456 e. The van der Waals surface area contributed by atoms with E-state index in [1.165, 1.54) is 33.4 Å². The molecule has 0 fully saturated rings. The Balaban J connectivity index is 1.06. The molecule has 0 radical (unpaired) electrons. The van der Waals surface area contributed by atoms with Gasteiger partial charge in [0.05, 0.1) is 16.8 Å². The van der Waals surface area contributed by atoms with Gasteiger partial charge in [-0.05, 0) is 110 Å². The van der Waals surface area contributed by atoms with E-state index in [4.69, 9.17) is 18.8 Å². The van der Waals surface area contributed by atoms with Crippen LogP contribution in [0.4, 0.5) is 0 Å². The van der Waals surface area contributed by atoms with E-state index in [2.05, 4.69) is 195 Å². The Morgan fingerprint density at radius 1 is 0.362 bits per heavy atom. The summed E-state index contributed by atoms with van der Waals surface area (Å²) < 4.78 is 12.5. The lowest BCUT2D eigenvalue weighted by atomic mass is 9.67. The number of rotatable bonds is 9. The van der Waals surface area contributed by atoms with Crippen LogP contribution in [0.1, 0.15) is 33.6 Å². The molecule has 0 saturated carbocycles. The number of fused-ring (bicyclic) bond motifs is 7.